The summed E-state index contributed by atoms with van der Waals surface area (Å²) in [5.41, 5.74) is 1.40. The monoisotopic (exact) mass is 520 g/mol. The van der Waals surface area contributed by atoms with Crippen LogP contribution in [0.5, 0.6) is 0 Å². The second-order valence-electron chi connectivity index (χ2n) is 8.40. The zero-order valence-electron chi connectivity index (χ0n) is 18.9. The van der Waals surface area contributed by atoms with E-state index in [2.05, 4.69) is 10.4 Å². The zero-order valence-corrected chi connectivity index (χ0v) is 19.6. The van der Waals surface area contributed by atoms with Crippen LogP contribution < -0.4 is 5.32 Å². The maximum atomic E-state index is 13.5. The van der Waals surface area contributed by atoms with Crippen molar-refractivity contribution in [2.24, 2.45) is 5.92 Å². The number of para-hydroxylation sites is 1. The van der Waals surface area contributed by atoms with Gasteiger partial charge in [-0.05, 0) is 48.0 Å². The first-order chi connectivity index (χ1) is 17.7. The maximum absolute atomic E-state index is 13.5. The lowest BCUT2D eigenvalue weighted by atomic mass is 9.98. The van der Waals surface area contributed by atoms with Crippen LogP contribution in [-0.2, 0) is 17.4 Å². The van der Waals surface area contributed by atoms with Gasteiger partial charge in [-0.1, -0.05) is 41.9 Å². The molecular weight excluding hydrogens is 505 g/mol. The molecule has 4 aromatic rings. The number of rotatable bonds is 5. The number of carbonyl (C=O) groups is 2. The number of ketones is 1. The summed E-state index contributed by atoms with van der Waals surface area (Å²) in [7, 11) is 0. The topological polar surface area (TPSA) is 87.8 Å². The predicted octanol–water partition coefficient (Wildman–Crippen LogP) is 6.08. The van der Waals surface area contributed by atoms with E-state index in [0.29, 0.717) is 33.2 Å². The lowest BCUT2D eigenvalue weighted by molar-refractivity contribution is -0.137. The minimum atomic E-state index is -4.56. The van der Waals surface area contributed by atoms with Crippen molar-refractivity contribution in [3.8, 4) is 23.0 Å². The number of hydrogen-bond donors (Lipinski definition) is 1. The third kappa shape index (κ3) is 4.47. The number of amides is 1. The summed E-state index contributed by atoms with van der Waals surface area (Å²) in [5.74, 6) is -3.46. The average Bonchev–Trinajstić information content (AvgIpc) is 3.41. The van der Waals surface area contributed by atoms with Gasteiger partial charge in [-0.2, -0.15) is 23.5 Å². The standard InChI is InChI=1S/C27H16ClF3N4O2/c28-17-5-4-6-18(13-17)33-26(37)22(14-32)25(36)23-21-11-15-9-10-16(27(29,30)31)12-20(15)24(21)35(34-23)19-7-2-1-3-8-19/h1-10,12-13,22H,11H2,(H,33,37). The van der Waals surface area contributed by atoms with Crippen LogP contribution in [0.2, 0.25) is 5.02 Å². The van der Waals surface area contributed by atoms with E-state index in [1.54, 1.807) is 54.6 Å². The molecule has 0 fully saturated rings. The van der Waals surface area contributed by atoms with Gasteiger partial charge in [0, 0.05) is 28.3 Å². The van der Waals surface area contributed by atoms with E-state index in [9.17, 15) is 28.0 Å². The molecule has 37 heavy (non-hydrogen) atoms. The van der Waals surface area contributed by atoms with E-state index in [-0.39, 0.29) is 17.7 Å². The first-order valence-corrected chi connectivity index (χ1v) is 11.4. The molecule has 6 nitrogen and oxygen atoms in total. The van der Waals surface area contributed by atoms with Gasteiger partial charge < -0.3 is 5.32 Å². The van der Waals surface area contributed by atoms with E-state index in [1.807, 2.05) is 0 Å². The summed E-state index contributed by atoms with van der Waals surface area (Å²) in [4.78, 5) is 26.4. The summed E-state index contributed by atoms with van der Waals surface area (Å²) >= 11 is 5.94. The van der Waals surface area contributed by atoms with Gasteiger partial charge in [-0.25, -0.2) is 4.68 Å². The molecular formula is C27H16ClF3N4O2. The summed E-state index contributed by atoms with van der Waals surface area (Å²) in [5, 5.41) is 17.0. The van der Waals surface area contributed by atoms with Gasteiger partial charge in [-0.15, -0.1) is 0 Å². The SMILES string of the molecule is N#CC(C(=O)Nc1cccc(Cl)c1)C(=O)c1nn(-c2ccccc2)c2c1Cc1ccc(C(F)(F)F)cc1-2. The average molecular weight is 521 g/mol. The highest BCUT2D eigenvalue weighted by Crippen LogP contribution is 2.43. The van der Waals surface area contributed by atoms with E-state index < -0.39 is 29.3 Å². The number of aromatic nitrogens is 2. The number of alkyl halides is 3. The van der Waals surface area contributed by atoms with Crippen LogP contribution in [0.15, 0.2) is 72.8 Å². The molecule has 5 rings (SSSR count). The highest BCUT2D eigenvalue weighted by molar-refractivity contribution is 6.31. The van der Waals surface area contributed by atoms with Gasteiger partial charge in [0.05, 0.1) is 23.0 Å². The van der Waals surface area contributed by atoms with Crippen molar-refractivity contribution in [3.63, 3.8) is 0 Å². The van der Waals surface area contributed by atoms with Crippen LogP contribution in [-0.4, -0.2) is 21.5 Å². The van der Waals surface area contributed by atoms with E-state index in [0.717, 1.165) is 12.1 Å². The number of carbonyl (C=O) groups excluding carboxylic acids is 2. The molecule has 1 N–H and O–H groups in total. The number of anilines is 1. The molecule has 1 amide bonds. The van der Waals surface area contributed by atoms with Crippen LogP contribution >= 0.6 is 11.6 Å². The van der Waals surface area contributed by atoms with Crippen LogP contribution in [0.25, 0.3) is 16.9 Å². The summed E-state index contributed by atoms with van der Waals surface area (Å²) in [6.07, 6.45) is -4.43. The van der Waals surface area contributed by atoms with Gasteiger partial charge in [0.15, 0.2) is 5.92 Å². The predicted molar refractivity (Wildman–Crippen MR) is 130 cm³/mol. The molecule has 0 saturated heterocycles. The number of hydrogen-bond acceptors (Lipinski definition) is 4. The maximum Gasteiger partial charge on any atom is 0.416 e. The lowest BCUT2D eigenvalue weighted by Crippen LogP contribution is -2.29. The number of nitriles is 1. The smallest absolute Gasteiger partial charge is 0.324 e. The minimum Gasteiger partial charge on any atom is -0.324 e. The molecule has 0 spiro atoms. The number of benzene rings is 3. The summed E-state index contributed by atoms with van der Waals surface area (Å²) < 4.78 is 41.8. The molecule has 3 aromatic carbocycles. The van der Waals surface area contributed by atoms with Crippen LogP contribution in [0.1, 0.15) is 27.2 Å². The van der Waals surface area contributed by atoms with Gasteiger partial charge in [0.2, 0.25) is 11.7 Å². The third-order valence-corrected chi connectivity index (χ3v) is 6.26. The molecule has 10 heteroatoms. The zero-order chi connectivity index (χ0) is 26.3. The highest BCUT2D eigenvalue weighted by Gasteiger charge is 2.38. The summed E-state index contributed by atoms with van der Waals surface area (Å²) in [6.45, 7) is 0. The van der Waals surface area contributed by atoms with E-state index in [4.69, 9.17) is 11.6 Å². The Hall–Kier alpha value is -4.42. The van der Waals surface area contributed by atoms with Gasteiger partial charge in [-0.3, -0.25) is 9.59 Å². The van der Waals surface area contributed by atoms with Gasteiger partial charge in [0.25, 0.3) is 0 Å². The van der Waals surface area contributed by atoms with Gasteiger partial charge in [0.1, 0.15) is 5.69 Å². The number of fused-ring (bicyclic) bond motifs is 3. The second-order valence-corrected chi connectivity index (χ2v) is 8.83. The molecule has 1 atom stereocenters. The minimum absolute atomic E-state index is 0.130. The molecule has 1 heterocycles. The quantitative estimate of drug-likeness (QED) is 0.225. The van der Waals surface area contributed by atoms with Crippen molar-refractivity contribution >= 4 is 29.0 Å². The van der Waals surface area contributed by atoms with Crippen molar-refractivity contribution in [2.45, 2.75) is 12.6 Å². The lowest BCUT2D eigenvalue weighted by Gasteiger charge is -2.11. The van der Waals surface area contributed by atoms with Crippen LogP contribution in [0.4, 0.5) is 18.9 Å². The van der Waals surface area contributed by atoms with Crippen LogP contribution in [0, 0.1) is 17.2 Å². The Morgan fingerprint density at radius 3 is 2.49 bits per heavy atom. The van der Waals surface area contributed by atoms with E-state index >= 15 is 0 Å². The molecule has 1 aliphatic carbocycles. The summed E-state index contributed by atoms with van der Waals surface area (Å²) in [6, 6.07) is 20.0. The van der Waals surface area contributed by atoms with Crippen molar-refractivity contribution in [2.75, 3.05) is 5.32 Å². The fraction of sp³-hybridized carbons (Fsp3) is 0.111. The molecule has 184 valence electrons. The molecule has 0 saturated carbocycles. The van der Waals surface area contributed by atoms with E-state index in [1.165, 1.54) is 16.8 Å². The number of nitrogens with zero attached hydrogens (tertiary/aromatic N) is 3. The van der Waals surface area contributed by atoms with Gasteiger partial charge >= 0.3 is 6.18 Å². The van der Waals surface area contributed by atoms with Crippen LogP contribution in [0.3, 0.4) is 0 Å². The Kier molecular flexibility index (Phi) is 6.05. The Morgan fingerprint density at radius 1 is 1.05 bits per heavy atom. The largest absolute Gasteiger partial charge is 0.416 e. The fourth-order valence-corrected chi connectivity index (χ4v) is 4.51. The third-order valence-electron chi connectivity index (χ3n) is 6.02. The fourth-order valence-electron chi connectivity index (χ4n) is 4.32. The Balaban J connectivity index is 1.59. The molecule has 1 unspecified atom stereocenters. The molecule has 0 radical (unpaired) electrons. The number of nitrogens with one attached hydrogen (secondary N) is 1. The molecule has 1 aromatic heterocycles. The number of halogens is 4. The highest BCUT2D eigenvalue weighted by atomic mass is 35.5. The molecule has 1 aliphatic rings. The Bertz CT molecular complexity index is 1590. The number of Topliss-reactive ketones (excluding diaryl/α,β-unsaturated/α-hetero) is 1. The van der Waals surface area contributed by atoms with Crippen molar-refractivity contribution in [1.82, 2.24) is 9.78 Å². The Labute approximate surface area is 213 Å². The van der Waals surface area contributed by atoms with Crippen molar-refractivity contribution < 1.29 is 22.8 Å². The van der Waals surface area contributed by atoms with Crippen molar-refractivity contribution in [3.05, 3.63) is 100 Å². The Morgan fingerprint density at radius 2 is 1.81 bits per heavy atom. The second kappa shape index (κ2) is 9.22. The molecule has 0 aliphatic heterocycles. The molecule has 0 bridgehead atoms. The normalized spacial score (nSPS) is 12.8. The first-order valence-electron chi connectivity index (χ1n) is 11.1. The first kappa shape index (κ1) is 24.3. The van der Waals surface area contributed by atoms with Crippen molar-refractivity contribution in [1.29, 1.82) is 5.26 Å².